The Hall–Kier alpha value is -1.79. The molecule has 0 radical (unpaired) electrons. The first-order chi connectivity index (χ1) is 13.2. The number of ether oxygens (including phenoxy) is 4. The monoisotopic (exact) mass is 392 g/mol. The minimum absolute atomic E-state index is 0.0127. The Bertz CT molecular complexity index is 681. The molecule has 0 aromatic heterocycles. The molecular weight excluding hydrogens is 360 g/mol. The smallest absolute Gasteiger partial charge is 0.332 e. The molecule has 6 nitrogen and oxygen atoms in total. The van der Waals surface area contributed by atoms with Crippen LogP contribution in [0.1, 0.15) is 58.4 Å². The van der Waals surface area contributed by atoms with Crippen molar-refractivity contribution in [2.75, 3.05) is 26.9 Å². The highest BCUT2D eigenvalue weighted by Crippen LogP contribution is 2.55. The lowest BCUT2D eigenvalue weighted by atomic mass is 9.63. The van der Waals surface area contributed by atoms with Crippen molar-refractivity contribution in [3.8, 4) is 11.5 Å². The van der Waals surface area contributed by atoms with Gasteiger partial charge < -0.3 is 24.1 Å². The number of aromatic hydroxyl groups is 1. The van der Waals surface area contributed by atoms with E-state index in [9.17, 15) is 9.90 Å². The van der Waals surface area contributed by atoms with Gasteiger partial charge in [-0.1, -0.05) is 0 Å². The van der Waals surface area contributed by atoms with E-state index in [4.69, 9.17) is 18.9 Å². The van der Waals surface area contributed by atoms with Crippen LogP contribution < -0.4 is 4.74 Å². The Balaban J connectivity index is 1.52. The second kappa shape index (κ2) is 7.91. The molecule has 1 N–H and O–H groups in total. The van der Waals surface area contributed by atoms with Gasteiger partial charge in [-0.15, -0.1) is 0 Å². The van der Waals surface area contributed by atoms with Crippen LogP contribution in [0.2, 0.25) is 0 Å². The lowest BCUT2D eigenvalue weighted by Gasteiger charge is -2.53. The molecule has 0 amide bonds. The second-order valence-electron chi connectivity index (χ2n) is 9.09. The number of methoxy groups -OCH3 is 1. The largest absolute Gasteiger partial charge is 0.508 e. The second-order valence-corrected chi connectivity index (χ2v) is 9.09. The molecule has 1 saturated carbocycles. The normalized spacial score (nSPS) is 26.9. The number of hydrogen-bond acceptors (Lipinski definition) is 6. The van der Waals surface area contributed by atoms with Gasteiger partial charge in [-0.3, -0.25) is 0 Å². The summed E-state index contributed by atoms with van der Waals surface area (Å²) in [4.78, 5) is 11.7. The number of phenolic OH excluding ortho intramolecular Hbond substituents is 1. The van der Waals surface area contributed by atoms with Crippen molar-refractivity contribution in [3.05, 3.63) is 23.8 Å². The maximum absolute atomic E-state index is 11.7. The third-order valence-corrected chi connectivity index (χ3v) is 5.84. The molecule has 0 unspecified atom stereocenters. The Kier molecular flexibility index (Phi) is 5.92. The predicted octanol–water partition coefficient (Wildman–Crippen LogP) is 3.94. The Morgan fingerprint density at radius 2 is 1.89 bits per heavy atom. The van der Waals surface area contributed by atoms with Crippen LogP contribution in [0.25, 0.3) is 0 Å². The highest BCUT2D eigenvalue weighted by atomic mass is 16.6. The van der Waals surface area contributed by atoms with Crippen molar-refractivity contribution in [1.82, 2.24) is 0 Å². The number of carbonyl (C=O) groups is 1. The summed E-state index contributed by atoms with van der Waals surface area (Å²) < 4.78 is 22.5. The van der Waals surface area contributed by atoms with Crippen molar-refractivity contribution >= 4 is 5.97 Å². The fourth-order valence-electron chi connectivity index (χ4n) is 4.24. The molecule has 1 aromatic carbocycles. The molecule has 2 heterocycles. The maximum Gasteiger partial charge on any atom is 0.332 e. The van der Waals surface area contributed by atoms with Crippen molar-refractivity contribution in [3.63, 3.8) is 0 Å². The third kappa shape index (κ3) is 4.78. The molecule has 28 heavy (non-hydrogen) atoms. The molecule has 3 aliphatic rings. The zero-order valence-electron chi connectivity index (χ0n) is 17.4. The van der Waals surface area contributed by atoms with Crippen LogP contribution in [0.15, 0.2) is 18.2 Å². The predicted molar refractivity (Wildman–Crippen MR) is 104 cm³/mol. The number of benzene rings is 1. The molecule has 4 rings (SSSR count). The zero-order valence-corrected chi connectivity index (χ0v) is 17.4. The Morgan fingerprint density at radius 1 is 1.18 bits per heavy atom. The number of rotatable bonds is 7. The number of carbonyl (C=O) groups excluding carboxylic acids is 1. The summed E-state index contributed by atoms with van der Waals surface area (Å²) in [6, 6.07) is 5.35. The fraction of sp³-hybridized carbons (Fsp3) is 0.682. The van der Waals surface area contributed by atoms with E-state index in [0.29, 0.717) is 19.0 Å². The summed E-state index contributed by atoms with van der Waals surface area (Å²) in [6.07, 6.45) is 4.77. The zero-order chi connectivity index (χ0) is 20.4. The van der Waals surface area contributed by atoms with Gasteiger partial charge in [0.1, 0.15) is 23.7 Å². The van der Waals surface area contributed by atoms with Gasteiger partial charge in [0.15, 0.2) is 0 Å². The summed E-state index contributed by atoms with van der Waals surface area (Å²) in [7, 11) is 1.60. The highest BCUT2D eigenvalue weighted by molar-refractivity contribution is 5.71. The van der Waals surface area contributed by atoms with E-state index in [-0.39, 0.29) is 29.3 Å². The number of phenols is 1. The molecular formula is C22H32O6. The van der Waals surface area contributed by atoms with Crippen molar-refractivity contribution in [2.24, 2.45) is 5.41 Å². The van der Waals surface area contributed by atoms with Crippen molar-refractivity contribution in [2.45, 2.75) is 64.1 Å². The molecule has 156 valence electrons. The lowest BCUT2D eigenvalue weighted by Crippen LogP contribution is -2.49. The third-order valence-electron chi connectivity index (χ3n) is 5.84. The van der Waals surface area contributed by atoms with Gasteiger partial charge in [-0.25, -0.2) is 4.79 Å². The number of hydrogen-bond donors (Lipinski definition) is 1. The van der Waals surface area contributed by atoms with E-state index in [1.165, 1.54) is 0 Å². The minimum Gasteiger partial charge on any atom is -0.508 e. The van der Waals surface area contributed by atoms with Crippen LogP contribution in [-0.4, -0.2) is 43.6 Å². The van der Waals surface area contributed by atoms with Crippen LogP contribution in [0, 0.1) is 5.41 Å². The molecule has 2 bridgehead atoms. The number of esters is 1. The number of fused-ring (bicyclic) bond motifs is 3. The first-order valence-corrected chi connectivity index (χ1v) is 9.98. The van der Waals surface area contributed by atoms with Crippen molar-refractivity contribution < 1.29 is 28.8 Å². The Labute approximate surface area is 167 Å². The first kappa shape index (κ1) is 20.9. The SMILES string of the molecule is COc1cc(O)cc(C23CCC(CCOCC(=O)OC(C)(C)C)(CC2)CO3)c1. The molecule has 6 heteroatoms. The Morgan fingerprint density at radius 3 is 2.46 bits per heavy atom. The van der Waals surface area contributed by atoms with Crippen LogP contribution in [0.3, 0.4) is 0 Å². The van der Waals surface area contributed by atoms with E-state index in [1.54, 1.807) is 19.2 Å². The van der Waals surface area contributed by atoms with E-state index in [0.717, 1.165) is 37.7 Å². The lowest BCUT2D eigenvalue weighted by molar-refractivity contribution is -0.195. The summed E-state index contributed by atoms with van der Waals surface area (Å²) >= 11 is 0. The summed E-state index contributed by atoms with van der Waals surface area (Å²) in [6.45, 7) is 6.72. The average Bonchev–Trinajstić information content (AvgIpc) is 2.65. The standard InChI is InChI=1S/C22H32O6/c1-20(2,3)28-19(24)14-26-10-9-21-5-7-22(8-6-21,27-15-21)16-11-17(23)13-18(12-16)25-4/h11-13,23H,5-10,14-15H2,1-4H3. The van der Waals surface area contributed by atoms with Gasteiger partial charge in [0.25, 0.3) is 0 Å². The van der Waals surface area contributed by atoms with E-state index in [1.807, 2.05) is 26.8 Å². The van der Waals surface area contributed by atoms with Crippen molar-refractivity contribution in [1.29, 1.82) is 0 Å². The summed E-state index contributed by atoms with van der Waals surface area (Å²) in [5.74, 6) is 0.515. The summed E-state index contributed by atoms with van der Waals surface area (Å²) in [5, 5.41) is 10.00. The molecule has 0 atom stereocenters. The fourth-order valence-corrected chi connectivity index (χ4v) is 4.24. The maximum atomic E-state index is 11.7. The van der Waals surface area contributed by atoms with Gasteiger partial charge in [0.05, 0.1) is 19.3 Å². The van der Waals surface area contributed by atoms with Crippen LogP contribution in [-0.2, 0) is 24.6 Å². The van der Waals surface area contributed by atoms with E-state index in [2.05, 4.69) is 0 Å². The molecule has 2 saturated heterocycles. The van der Waals surface area contributed by atoms with E-state index >= 15 is 0 Å². The molecule has 3 fully saturated rings. The van der Waals surface area contributed by atoms with Gasteiger partial charge >= 0.3 is 5.97 Å². The highest BCUT2D eigenvalue weighted by Gasteiger charge is 2.50. The minimum atomic E-state index is -0.488. The molecule has 0 spiro atoms. The topological polar surface area (TPSA) is 74.2 Å². The molecule has 1 aliphatic carbocycles. The molecule has 2 aliphatic heterocycles. The van der Waals surface area contributed by atoms with Crippen LogP contribution >= 0.6 is 0 Å². The van der Waals surface area contributed by atoms with E-state index < -0.39 is 5.60 Å². The average molecular weight is 392 g/mol. The van der Waals surface area contributed by atoms with Gasteiger partial charge in [0, 0.05) is 12.7 Å². The van der Waals surface area contributed by atoms with Gasteiger partial charge in [0.2, 0.25) is 0 Å². The van der Waals surface area contributed by atoms with Gasteiger partial charge in [-0.05, 0) is 76.0 Å². The quantitative estimate of drug-likeness (QED) is 0.560. The van der Waals surface area contributed by atoms with Gasteiger partial charge in [-0.2, -0.15) is 0 Å². The molecule has 1 aromatic rings. The van der Waals surface area contributed by atoms with Crippen LogP contribution in [0.4, 0.5) is 0 Å². The van der Waals surface area contributed by atoms with Crippen LogP contribution in [0.5, 0.6) is 11.5 Å². The summed E-state index contributed by atoms with van der Waals surface area (Å²) in [5.41, 5.74) is 0.262. The first-order valence-electron chi connectivity index (χ1n) is 9.98.